The summed E-state index contributed by atoms with van der Waals surface area (Å²) in [5, 5.41) is 2.89. The maximum absolute atomic E-state index is 12.7. The van der Waals surface area contributed by atoms with E-state index >= 15 is 0 Å². The van der Waals surface area contributed by atoms with Crippen LogP contribution in [0.1, 0.15) is 23.2 Å². The Kier molecular flexibility index (Phi) is 5.12. The van der Waals surface area contributed by atoms with Gasteiger partial charge in [0.25, 0.3) is 0 Å². The fraction of sp³-hybridized carbons (Fsp3) is 0.273. The van der Waals surface area contributed by atoms with Crippen LogP contribution in [0.15, 0.2) is 53.4 Å². The van der Waals surface area contributed by atoms with Crippen molar-refractivity contribution in [1.82, 2.24) is 15.3 Å². The number of aryl methyl sites for hydroxylation is 2. The van der Waals surface area contributed by atoms with Gasteiger partial charge in [-0.15, -0.1) is 0 Å². The highest BCUT2D eigenvalue weighted by atomic mass is 16.3. The van der Waals surface area contributed by atoms with E-state index in [4.69, 9.17) is 4.42 Å². The maximum Gasteiger partial charge on any atom is 0.227 e. The van der Waals surface area contributed by atoms with Gasteiger partial charge in [-0.25, -0.2) is 4.98 Å². The number of furan rings is 1. The van der Waals surface area contributed by atoms with Crippen molar-refractivity contribution in [3.05, 3.63) is 65.8 Å². The molecule has 2 aromatic heterocycles. The van der Waals surface area contributed by atoms with Gasteiger partial charge in [-0.1, -0.05) is 6.07 Å². The normalized spacial score (nSPS) is 16.3. The molecular formula is C22H22N4O3. The molecule has 0 spiro atoms. The lowest BCUT2D eigenvalue weighted by atomic mass is 10.1. The summed E-state index contributed by atoms with van der Waals surface area (Å²) in [6.45, 7) is 4.64. The lowest BCUT2D eigenvalue weighted by Crippen LogP contribution is -2.33. The summed E-state index contributed by atoms with van der Waals surface area (Å²) in [6.07, 6.45) is 4.93. The first-order valence-corrected chi connectivity index (χ1v) is 9.52. The van der Waals surface area contributed by atoms with Crippen LogP contribution in [0, 0.1) is 19.8 Å². The molecule has 0 aliphatic carbocycles. The molecule has 1 N–H and O–H groups in total. The summed E-state index contributed by atoms with van der Waals surface area (Å²) < 4.78 is 5.40. The van der Waals surface area contributed by atoms with Crippen molar-refractivity contribution in [1.29, 1.82) is 0 Å². The number of carbonyl (C=O) groups is 2. The number of nitrogens with zero attached hydrogens (tertiary/aromatic N) is 3. The Hall–Kier alpha value is -3.48. The molecule has 1 aliphatic rings. The molecule has 0 radical (unpaired) electrons. The van der Waals surface area contributed by atoms with Gasteiger partial charge in [-0.2, -0.15) is 0 Å². The van der Waals surface area contributed by atoms with E-state index in [2.05, 4.69) is 15.3 Å². The number of hydrogen-bond acceptors (Lipinski definition) is 5. The number of carbonyl (C=O) groups excluding carboxylic acids is 2. The second-order valence-corrected chi connectivity index (χ2v) is 7.22. The molecule has 0 unspecified atom stereocenters. The van der Waals surface area contributed by atoms with Crippen LogP contribution in [0.2, 0.25) is 0 Å². The van der Waals surface area contributed by atoms with E-state index in [0.29, 0.717) is 23.7 Å². The second kappa shape index (κ2) is 7.87. The second-order valence-electron chi connectivity index (χ2n) is 7.22. The molecule has 1 aromatic carbocycles. The Morgan fingerprint density at radius 2 is 2.03 bits per heavy atom. The van der Waals surface area contributed by atoms with Crippen molar-refractivity contribution < 1.29 is 14.0 Å². The Labute approximate surface area is 168 Å². The van der Waals surface area contributed by atoms with Gasteiger partial charge in [0.05, 0.1) is 24.4 Å². The van der Waals surface area contributed by atoms with Crippen LogP contribution in [0.4, 0.5) is 5.69 Å². The molecule has 3 heterocycles. The third-order valence-electron chi connectivity index (χ3n) is 5.26. The Morgan fingerprint density at radius 3 is 2.79 bits per heavy atom. The van der Waals surface area contributed by atoms with Gasteiger partial charge in [0, 0.05) is 31.0 Å². The first kappa shape index (κ1) is 18.9. The number of amides is 2. The summed E-state index contributed by atoms with van der Waals surface area (Å²) in [4.78, 5) is 35.5. The molecule has 3 aromatic rings. The molecule has 2 amide bonds. The zero-order valence-corrected chi connectivity index (χ0v) is 16.4. The van der Waals surface area contributed by atoms with Crippen LogP contribution in [-0.4, -0.2) is 28.3 Å². The van der Waals surface area contributed by atoms with Gasteiger partial charge in [0.2, 0.25) is 11.8 Å². The molecule has 1 atom stereocenters. The van der Waals surface area contributed by atoms with Crippen molar-refractivity contribution in [2.24, 2.45) is 5.92 Å². The van der Waals surface area contributed by atoms with Gasteiger partial charge < -0.3 is 14.6 Å². The third-order valence-corrected chi connectivity index (χ3v) is 5.26. The smallest absolute Gasteiger partial charge is 0.227 e. The SMILES string of the molecule is Cc1ccc(N2C[C@@H](C(=O)NCc3nccnc3-c3ccco3)CC2=O)cc1C. The number of nitrogens with one attached hydrogen (secondary N) is 1. The maximum atomic E-state index is 12.7. The van der Waals surface area contributed by atoms with E-state index in [1.165, 1.54) is 5.56 Å². The van der Waals surface area contributed by atoms with Gasteiger partial charge in [-0.05, 0) is 49.2 Å². The minimum Gasteiger partial charge on any atom is -0.463 e. The van der Waals surface area contributed by atoms with Gasteiger partial charge in [-0.3, -0.25) is 14.6 Å². The predicted octanol–water partition coefficient (Wildman–Crippen LogP) is 3.02. The number of benzene rings is 1. The van der Waals surface area contributed by atoms with E-state index < -0.39 is 5.92 Å². The molecule has 29 heavy (non-hydrogen) atoms. The molecule has 1 fully saturated rings. The van der Waals surface area contributed by atoms with Crippen molar-refractivity contribution >= 4 is 17.5 Å². The molecule has 148 valence electrons. The van der Waals surface area contributed by atoms with Crippen LogP contribution in [0.25, 0.3) is 11.5 Å². The number of rotatable bonds is 5. The van der Waals surface area contributed by atoms with E-state index in [0.717, 1.165) is 11.3 Å². The average Bonchev–Trinajstić information content (AvgIpc) is 3.38. The molecular weight excluding hydrogens is 368 g/mol. The van der Waals surface area contributed by atoms with Crippen LogP contribution in [-0.2, 0) is 16.1 Å². The fourth-order valence-electron chi connectivity index (χ4n) is 3.46. The Morgan fingerprint density at radius 1 is 1.21 bits per heavy atom. The fourth-order valence-corrected chi connectivity index (χ4v) is 3.46. The zero-order chi connectivity index (χ0) is 20.4. The molecule has 0 saturated carbocycles. The van der Waals surface area contributed by atoms with Gasteiger partial charge >= 0.3 is 0 Å². The minimum absolute atomic E-state index is 0.0378. The highest BCUT2D eigenvalue weighted by Gasteiger charge is 2.35. The van der Waals surface area contributed by atoms with Crippen molar-refractivity contribution in [2.75, 3.05) is 11.4 Å². The number of aromatic nitrogens is 2. The zero-order valence-electron chi connectivity index (χ0n) is 16.4. The van der Waals surface area contributed by atoms with Gasteiger partial charge in [0.15, 0.2) is 5.76 Å². The highest BCUT2D eigenvalue weighted by molar-refractivity contribution is 6.00. The van der Waals surface area contributed by atoms with E-state index in [-0.39, 0.29) is 24.8 Å². The monoisotopic (exact) mass is 390 g/mol. The van der Waals surface area contributed by atoms with Crippen molar-refractivity contribution in [2.45, 2.75) is 26.8 Å². The summed E-state index contributed by atoms with van der Waals surface area (Å²) in [7, 11) is 0. The lowest BCUT2D eigenvalue weighted by Gasteiger charge is -2.18. The quantitative estimate of drug-likeness (QED) is 0.723. The molecule has 7 nitrogen and oxygen atoms in total. The topological polar surface area (TPSA) is 88.3 Å². The average molecular weight is 390 g/mol. The molecule has 1 saturated heterocycles. The molecule has 0 bridgehead atoms. The van der Waals surface area contributed by atoms with Crippen LogP contribution < -0.4 is 10.2 Å². The van der Waals surface area contributed by atoms with E-state index in [9.17, 15) is 9.59 Å². The van der Waals surface area contributed by atoms with E-state index in [1.807, 2.05) is 32.0 Å². The van der Waals surface area contributed by atoms with Crippen LogP contribution >= 0.6 is 0 Å². The molecule has 7 heteroatoms. The number of anilines is 1. The first-order valence-electron chi connectivity index (χ1n) is 9.52. The third kappa shape index (κ3) is 3.89. The Bertz CT molecular complexity index is 1050. The van der Waals surface area contributed by atoms with E-state index in [1.54, 1.807) is 35.7 Å². The lowest BCUT2D eigenvalue weighted by molar-refractivity contribution is -0.126. The summed E-state index contributed by atoms with van der Waals surface area (Å²) >= 11 is 0. The molecule has 4 rings (SSSR count). The van der Waals surface area contributed by atoms with Crippen molar-refractivity contribution in [3.8, 4) is 11.5 Å². The van der Waals surface area contributed by atoms with Crippen molar-refractivity contribution in [3.63, 3.8) is 0 Å². The predicted molar refractivity (Wildman–Crippen MR) is 108 cm³/mol. The van der Waals surface area contributed by atoms with Crippen LogP contribution in [0.5, 0.6) is 0 Å². The van der Waals surface area contributed by atoms with Gasteiger partial charge in [0.1, 0.15) is 5.69 Å². The standard InChI is InChI=1S/C22H22N4O3/c1-14-5-6-17(10-15(14)2)26-13-16(11-20(26)27)22(28)25-12-18-21(24-8-7-23-18)19-4-3-9-29-19/h3-10,16H,11-13H2,1-2H3,(H,25,28)/t16-/m0/s1. The summed E-state index contributed by atoms with van der Waals surface area (Å²) in [5.41, 5.74) is 4.34. The highest BCUT2D eigenvalue weighted by Crippen LogP contribution is 2.27. The summed E-state index contributed by atoms with van der Waals surface area (Å²) in [6, 6.07) is 9.48. The number of hydrogen-bond donors (Lipinski definition) is 1. The largest absolute Gasteiger partial charge is 0.463 e. The molecule has 1 aliphatic heterocycles. The Balaban J connectivity index is 1.43. The first-order chi connectivity index (χ1) is 14.0. The van der Waals surface area contributed by atoms with Crippen LogP contribution in [0.3, 0.4) is 0 Å². The summed E-state index contributed by atoms with van der Waals surface area (Å²) in [5.74, 6) is -0.00272. The minimum atomic E-state index is -0.396.